The number of benzene rings is 1. The molecule has 3 aromatic heterocycles. The minimum atomic E-state index is -0.237. The zero-order chi connectivity index (χ0) is 24.6. The molecule has 182 valence electrons. The van der Waals surface area contributed by atoms with Gasteiger partial charge in [-0.05, 0) is 49.9 Å². The molecule has 1 aliphatic carbocycles. The lowest BCUT2D eigenvalue weighted by Crippen LogP contribution is -2.40. The average Bonchev–Trinajstić information content (AvgIpc) is 3.69. The van der Waals surface area contributed by atoms with Gasteiger partial charge in [-0.2, -0.15) is 0 Å². The number of piperidine rings is 1. The number of rotatable bonds is 5. The van der Waals surface area contributed by atoms with E-state index < -0.39 is 0 Å². The number of nitrogens with zero attached hydrogens (tertiary/aromatic N) is 5. The monoisotopic (exact) mass is 481 g/mol. The third-order valence-corrected chi connectivity index (χ3v) is 6.96. The second kappa shape index (κ2) is 9.07. The Bertz CT molecular complexity index is 1430. The molecule has 9 nitrogen and oxygen atoms in total. The first-order valence-corrected chi connectivity index (χ1v) is 12.3. The molecular weight excluding hydrogens is 454 g/mol. The normalized spacial score (nSPS) is 17.8. The third kappa shape index (κ3) is 4.17. The number of nitrogens with one attached hydrogen (secondary N) is 1. The fraction of sp³-hybridized carbons (Fsp3) is 0.296. The molecule has 1 saturated carbocycles. The highest BCUT2D eigenvalue weighted by atomic mass is 16.2. The van der Waals surface area contributed by atoms with Crippen LogP contribution in [0.5, 0.6) is 0 Å². The Morgan fingerprint density at radius 2 is 1.83 bits per heavy atom. The van der Waals surface area contributed by atoms with Crippen molar-refractivity contribution in [2.24, 2.45) is 5.92 Å². The predicted octanol–water partition coefficient (Wildman–Crippen LogP) is 3.74. The molecular formula is C27H27N7O2. The fourth-order valence-corrected chi connectivity index (χ4v) is 4.96. The maximum Gasteiger partial charge on any atom is 0.256 e. The standard InChI is InChI=1S/C27H27N7O2/c28-24-23-22(17-6-8-18(9-7-17)26(35)31-21-5-1-2-12-29-21)32-25(34(23)15-13-30-24)20-4-3-14-33(16-20)27(36)19-10-11-19/h1-2,5-9,12-13,15,19-20H,3-4,10-11,14,16H2,(H2,28,30)(H,29,31,35)/t20-/m1/s1. The Morgan fingerprint density at radius 1 is 1.00 bits per heavy atom. The van der Waals surface area contributed by atoms with Crippen LogP contribution in [0.15, 0.2) is 61.1 Å². The van der Waals surface area contributed by atoms with Crippen molar-refractivity contribution < 1.29 is 9.59 Å². The average molecular weight is 482 g/mol. The van der Waals surface area contributed by atoms with Gasteiger partial charge in [0.2, 0.25) is 5.91 Å². The molecule has 36 heavy (non-hydrogen) atoms. The van der Waals surface area contributed by atoms with E-state index in [0.717, 1.165) is 54.8 Å². The lowest BCUT2D eigenvalue weighted by atomic mass is 9.97. The summed E-state index contributed by atoms with van der Waals surface area (Å²) >= 11 is 0. The summed E-state index contributed by atoms with van der Waals surface area (Å²) in [6.45, 7) is 1.48. The summed E-state index contributed by atoms with van der Waals surface area (Å²) in [6.07, 6.45) is 9.12. The van der Waals surface area contributed by atoms with Gasteiger partial charge in [0.25, 0.3) is 5.91 Å². The number of nitrogens with two attached hydrogens (primary N) is 1. The summed E-state index contributed by atoms with van der Waals surface area (Å²) in [5, 5.41) is 2.80. The van der Waals surface area contributed by atoms with Gasteiger partial charge in [0.05, 0.1) is 0 Å². The molecule has 4 heterocycles. The van der Waals surface area contributed by atoms with Crippen molar-refractivity contribution in [2.75, 3.05) is 24.1 Å². The Kier molecular flexibility index (Phi) is 5.59. The molecule has 0 radical (unpaired) electrons. The highest BCUT2D eigenvalue weighted by Crippen LogP contribution is 2.36. The van der Waals surface area contributed by atoms with Crippen LogP contribution in [0, 0.1) is 5.92 Å². The van der Waals surface area contributed by atoms with Gasteiger partial charge in [-0.15, -0.1) is 0 Å². The van der Waals surface area contributed by atoms with E-state index in [1.54, 1.807) is 36.7 Å². The van der Waals surface area contributed by atoms with Crippen molar-refractivity contribution in [3.63, 3.8) is 0 Å². The molecule has 1 atom stereocenters. The van der Waals surface area contributed by atoms with E-state index >= 15 is 0 Å². The van der Waals surface area contributed by atoms with E-state index in [-0.39, 0.29) is 23.7 Å². The number of hydrogen-bond acceptors (Lipinski definition) is 6. The van der Waals surface area contributed by atoms with E-state index in [1.807, 2.05) is 33.7 Å². The largest absolute Gasteiger partial charge is 0.382 e. The molecule has 3 N–H and O–H groups in total. The van der Waals surface area contributed by atoms with Gasteiger partial charge in [-0.25, -0.2) is 15.0 Å². The van der Waals surface area contributed by atoms with Crippen LogP contribution in [0.1, 0.15) is 47.8 Å². The number of likely N-dealkylation sites (tertiary alicyclic amines) is 1. The predicted molar refractivity (Wildman–Crippen MR) is 136 cm³/mol. The van der Waals surface area contributed by atoms with E-state index in [9.17, 15) is 9.59 Å². The lowest BCUT2D eigenvalue weighted by molar-refractivity contribution is -0.133. The van der Waals surface area contributed by atoms with Crippen LogP contribution in [0.2, 0.25) is 0 Å². The number of nitrogen functional groups attached to an aromatic ring is 1. The van der Waals surface area contributed by atoms with Gasteiger partial charge in [-0.3, -0.25) is 14.0 Å². The Morgan fingerprint density at radius 3 is 2.58 bits per heavy atom. The minimum absolute atomic E-state index is 0.118. The van der Waals surface area contributed by atoms with Gasteiger partial charge in [-0.1, -0.05) is 18.2 Å². The summed E-state index contributed by atoms with van der Waals surface area (Å²) in [5.74, 6) is 2.15. The molecule has 9 heteroatoms. The Hall–Kier alpha value is -4.27. The highest BCUT2D eigenvalue weighted by molar-refractivity contribution is 6.04. The second-order valence-corrected chi connectivity index (χ2v) is 9.49. The summed E-state index contributed by atoms with van der Waals surface area (Å²) in [4.78, 5) is 40.8. The first-order chi connectivity index (χ1) is 17.6. The van der Waals surface area contributed by atoms with Crippen molar-refractivity contribution in [1.82, 2.24) is 24.3 Å². The molecule has 4 aromatic rings. The van der Waals surface area contributed by atoms with Crippen molar-refractivity contribution in [3.05, 3.63) is 72.4 Å². The van der Waals surface area contributed by atoms with Gasteiger partial charge in [0.15, 0.2) is 0 Å². The first kappa shape index (κ1) is 22.2. The molecule has 1 aliphatic heterocycles. The summed E-state index contributed by atoms with van der Waals surface area (Å²) in [6, 6.07) is 12.6. The number of amides is 2. The molecule has 6 rings (SSSR count). The van der Waals surface area contributed by atoms with Crippen molar-refractivity contribution in [3.8, 4) is 11.3 Å². The van der Waals surface area contributed by atoms with Crippen LogP contribution < -0.4 is 11.1 Å². The van der Waals surface area contributed by atoms with Gasteiger partial charge < -0.3 is 16.0 Å². The number of pyridine rings is 1. The Balaban J connectivity index is 1.30. The number of carbonyl (C=O) groups is 2. The number of anilines is 2. The molecule has 1 saturated heterocycles. The summed E-state index contributed by atoms with van der Waals surface area (Å²) < 4.78 is 2.01. The first-order valence-electron chi connectivity index (χ1n) is 12.3. The molecule has 2 fully saturated rings. The number of hydrogen-bond donors (Lipinski definition) is 2. The molecule has 2 amide bonds. The fourth-order valence-electron chi connectivity index (χ4n) is 4.96. The molecule has 0 bridgehead atoms. The van der Waals surface area contributed by atoms with E-state index in [4.69, 9.17) is 10.7 Å². The SMILES string of the molecule is Nc1nccn2c([C@@H]3CCCN(C(=O)C4CC4)C3)nc(-c3ccc(C(=O)Nc4ccccn4)cc3)c12. The van der Waals surface area contributed by atoms with Gasteiger partial charge in [0, 0.05) is 54.6 Å². The number of carbonyl (C=O) groups excluding carboxylic acids is 2. The quantitative estimate of drug-likeness (QED) is 0.448. The topological polar surface area (TPSA) is 119 Å². The zero-order valence-corrected chi connectivity index (χ0v) is 19.8. The van der Waals surface area contributed by atoms with Crippen molar-refractivity contribution >= 4 is 29.0 Å². The van der Waals surface area contributed by atoms with E-state index in [0.29, 0.717) is 23.7 Å². The zero-order valence-electron chi connectivity index (χ0n) is 19.8. The van der Waals surface area contributed by atoms with Crippen LogP contribution in [0.3, 0.4) is 0 Å². The summed E-state index contributed by atoms with van der Waals surface area (Å²) in [5.41, 5.74) is 9.13. The molecule has 0 unspecified atom stereocenters. The van der Waals surface area contributed by atoms with Gasteiger partial charge in [0.1, 0.15) is 28.7 Å². The smallest absolute Gasteiger partial charge is 0.256 e. The van der Waals surface area contributed by atoms with E-state index in [1.165, 1.54) is 0 Å². The lowest BCUT2D eigenvalue weighted by Gasteiger charge is -2.32. The van der Waals surface area contributed by atoms with Gasteiger partial charge >= 0.3 is 0 Å². The number of imidazole rings is 1. The summed E-state index contributed by atoms with van der Waals surface area (Å²) in [7, 11) is 0. The van der Waals surface area contributed by atoms with Crippen LogP contribution >= 0.6 is 0 Å². The molecule has 2 aliphatic rings. The maximum atomic E-state index is 12.7. The molecule has 1 aromatic carbocycles. The van der Waals surface area contributed by atoms with Crippen LogP contribution in [-0.2, 0) is 4.79 Å². The van der Waals surface area contributed by atoms with Crippen LogP contribution in [0.25, 0.3) is 16.8 Å². The highest BCUT2D eigenvalue weighted by Gasteiger charge is 2.36. The number of aromatic nitrogens is 4. The Labute approximate surface area is 208 Å². The molecule has 0 spiro atoms. The third-order valence-electron chi connectivity index (χ3n) is 6.96. The van der Waals surface area contributed by atoms with Crippen molar-refractivity contribution in [1.29, 1.82) is 0 Å². The van der Waals surface area contributed by atoms with Crippen molar-refractivity contribution in [2.45, 2.75) is 31.6 Å². The van der Waals surface area contributed by atoms with Crippen LogP contribution in [0.4, 0.5) is 11.6 Å². The van der Waals surface area contributed by atoms with Crippen LogP contribution in [-0.4, -0.2) is 49.2 Å². The maximum absolute atomic E-state index is 12.7. The number of fused-ring (bicyclic) bond motifs is 1. The minimum Gasteiger partial charge on any atom is -0.382 e. The van der Waals surface area contributed by atoms with E-state index in [2.05, 4.69) is 15.3 Å². The second-order valence-electron chi connectivity index (χ2n) is 9.49.